The van der Waals surface area contributed by atoms with Crippen molar-refractivity contribution in [3.63, 3.8) is 0 Å². The number of amides is 1. The highest BCUT2D eigenvalue weighted by Gasteiger charge is 2.13. The quantitative estimate of drug-likeness (QED) is 0.794. The molecular weight excluding hydrogens is 252 g/mol. The number of nitrogens with zero attached hydrogens (tertiary/aromatic N) is 1. The van der Waals surface area contributed by atoms with Crippen LogP contribution in [0, 0.1) is 0 Å². The second-order valence-corrected chi connectivity index (χ2v) is 4.39. The van der Waals surface area contributed by atoms with Crippen LogP contribution in [0.3, 0.4) is 0 Å². The summed E-state index contributed by atoms with van der Waals surface area (Å²) in [5, 5.41) is 9.77. The Hall–Kier alpha value is -2.01. The van der Waals surface area contributed by atoms with Gasteiger partial charge in [0.15, 0.2) is 0 Å². The Morgan fingerprint density at radius 1 is 1.44 bits per heavy atom. The minimum Gasteiger partial charge on any atom is -0.382 e. The fraction of sp³-hybridized carbons (Fsp3) is 0.167. The maximum absolute atomic E-state index is 11.8. The summed E-state index contributed by atoms with van der Waals surface area (Å²) in [6.07, 6.45) is 0. The van der Waals surface area contributed by atoms with Gasteiger partial charge in [-0.2, -0.15) is 5.10 Å². The number of nitrogen functional groups attached to an aromatic ring is 1. The number of rotatable bonds is 3. The first-order chi connectivity index (χ1) is 8.56. The van der Waals surface area contributed by atoms with E-state index in [0.717, 1.165) is 5.56 Å². The van der Waals surface area contributed by atoms with Crippen molar-refractivity contribution in [3.05, 3.63) is 46.6 Å². The molecule has 0 aliphatic carbocycles. The van der Waals surface area contributed by atoms with Crippen LogP contribution in [0.25, 0.3) is 0 Å². The van der Waals surface area contributed by atoms with Crippen LogP contribution in [0.4, 0.5) is 5.82 Å². The molecule has 5 nitrogen and oxygen atoms in total. The number of aromatic nitrogens is 2. The van der Waals surface area contributed by atoms with E-state index >= 15 is 0 Å². The minimum atomic E-state index is -0.248. The van der Waals surface area contributed by atoms with Crippen LogP contribution in [0.1, 0.15) is 29.0 Å². The normalized spacial score (nSPS) is 12.1. The Labute approximate surface area is 109 Å². The molecule has 1 atom stereocenters. The number of nitrogens with one attached hydrogen (secondary N) is 2. The lowest BCUT2D eigenvalue weighted by atomic mass is 10.1. The number of H-pyrrole nitrogens is 1. The molecule has 4 N–H and O–H groups in total. The summed E-state index contributed by atoms with van der Waals surface area (Å²) in [4.78, 5) is 11.8. The van der Waals surface area contributed by atoms with Crippen LogP contribution >= 0.6 is 11.6 Å². The number of carbonyl (C=O) groups is 1. The lowest BCUT2D eigenvalue weighted by Gasteiger charge is -2.13. The van der Waals surface area contributed by atoms with Gasteiger partial charge in [0, 0.05) is 11.1 Å². The zero-order valence-corrected chi connectivity index (χ0v) is 10.5. The van der Waals surface area contributed by atoms with Crippen LogP contribution in [0.2, 0.25) is 5.02 Å². The number of anilines is 1. The summed E-state index contributed by atoms with van der Waals surface area (Å²) < 4.78 is 0. The molecule has 1 amide bonds. The molecule has 0 radical (unpaired) electrons. The summed E-state index contributed by atoms with van der Waals surface area (Å²) >= 11 is 5.81. The average molecular weight is 265 g/mol. The van der Waals surface area contributed by atoms with Crippen molar-refractivity contribution >= 4 is 23.3 Å². The molecule has 6 heteroatoms. The van der Waals surface area contributed by atoms with Gasteiger partial charge in [-0.25, -0.2) is 0 Å². The number of hydrogen-bond acceptors (Lipinski definition) is 3. The Morgan fingerprint density at radius 2 is 2.11 bits per heavy atom. The van der Waals surface area contributed by atoms with E-state index in [1.54, 1.807) is 12.1 Å². The van der Waals surface area contributed by atoms with E-state index < -0.39 is 0 Å². The van der Waals surface area contributed by atoms with E-state index in [9.17, 15) is 4.79 Å². The molecule has 0 bridgehead atoms. The highest BCUT2D eigenvalue weighted by atomic mass is 35.5. The predicted molar refractivity (Wildman–Crippen MR) is 70.3 cm³/mol. The first-order valence-electron chi connectivity index (χ1n) is 5.43. The van der Waals surface area contributed by atoms with Gasteiger partial charge < -0.3 is 11.1 Å². The number of hydrogen-bond donors (Lipinski definition) is 3. The fourth-order valence-corrected chi connectivity index (χ4v) is 1.69. The molecule has 2 aromatic rings. The van der Waals surface area contributed by atoms with Crippen LogP contribution in [0.5, 0.6) is 0 Å². The maximum Gasteiger partial charge on any atom is 0.269 e. The van der Waals surface area contributed by atoms with Gasteiger partial charge in [0.05, 0.1) is 6.04 Å². The molecule has 1 aromatic carbocycles. The number of carbonyl (C=O) groups excluding carboxylic acids is 1. The van der Waals surface area contributed by atoms with Gasteiger partial charge in [-0.05, 0) is 24.6 Å². The van der Waals surface area contributed by atoms with Gasteiger partial charge in [-0.1, -0.05) is 23.7 Å². The SMILES string of the molecule is CC(NC(=O)c1cc(N)n[nH]1)c1ccc(Cl)cc1. The van der Waals surface area contributed by atoms with Crippen LogP contribution < -0.4 is 11.1 Å². The molecule has 18 heavy (non-hydrogen) atoms. The number of nitrogens with two attached hydrogens (primary N) is 1. The van der Waals surface area contributed by atoms with Crippen molar-refractivity contribution in [2.45, 2.75) is 13.0 Å². The van der Waals surface area contributed by atoms with Gasteiger partial charge in [-0.3, -0.25) is 9.89 Å². The van der Waals surface area contributed by atoms with Gasteiger partial charge in [-0.15, -0.1) is 0 Å². The maximum atomic E-state index is 11.8. The van der Waals surface area contributed by atoms with Gasteiger partial charge in [0.1, 0.15) is 11.5 Å². The molecule has 1 unspecified atom stereocenters. The van der Waals surface area contributed by atoms with Crippen molar-refractivity contribution in [2.75, 3.05) is 5.73 Å². The molecule has 0 aliphatic rings. The first-order valence-corrected chi connectivity index (χ1v) is 5.81. The van der Waals surface area contributed by atoms with E-state index in [1.807, 2.05) is 19.1 Å². The van der Waals surface area contributed by atoms with Crippen LogP contribution in [-0.4, -0.2) is 16.1 Å². The van der Waals surface area contributed by atoms with Crippen molar-refractivity contribution in [1.82, 2.24) is 15.5 Å². The summed E-state index contributed by atoms with van der Waals surface area (Å²) in [5.74, 6) is 0.0425. The zero-order valence-electron chi connectivity index (χ0n) is 9.77. The molecule has 1 aromatic heterocycles. The number of halogens is 1. The van der Waals surface area contributed by atoms with Crippen molar-refractivity contribution in [2.24, 2.45) is 0 Å². The second-order valence-electron chi connectivity index (χ2n) is 3.95. The zero-order chi connectivity index (χ0) is 13.1. The Morgan fingerprint density at radius 3 is 2.67 bits per heavy atom. The van der Waals surface area contributed by atoms with Crippen LogP contribution in [-0.2, 0) is 0 Å². The number of aromatic amines is 1. The molecule has 94 valence electrons. The third kappa shape index (κ3) is 2.81. The van der Waals surface area contributed by atoms with Gasteiger partial charge in [0.2, 0.25) is 0 Å². The highest BCUT2D eigenvalue weighted by molar-refractivity contribution is 6.30. The summed E-state index contributed by atoms with van der Waals surface area (Å²) in [6, 6.07) is 8.67. The molecule has 0 saturated carbocycles. The summed E-state index contributed by atoms with van der Waals surface area (Å²) in [6.45, 7) is 1.89. The fourth-order valence-electron chi connectivity index (χ4n) is 1.56. The Balaban J connectivity index is 2.05. The van der Waals surface area contributed by atoms with Crippen LogP contribution in [0.15, 0.2) is 30.3 Å². The van der Waals surface area contributed by atoms with E-state index in [-0.39, 0.29) is 11.9 Å². The molecule has 0 saturated heterocycles. The Kier molecular flexibility index (Phi) is 3.53. The molecular formula is C12H13ClN4O. The van der Waals surface area contributed by atoms with Gasteiger partial charge in [0.25, 0.3) is 5.91 Å². The van der Waals surface area contributed by atoms with Crippen molar-refractivity contribution in [3.8, 4) is 0 Å². The van der Waals surface area contributed by atoms with Crippen molar-refractivity contribution in [1.29, 1.82) is 0 Å². The van der Waals surface area contributed by atoms with E-state index in [1.165, 1.54) is 6.07 Å². The molecule has 2 rings (SSSR count). The van der Waals surface area contributed by atoms with Crippen molar-refractivity contribution < 1.29 is 4.79 Å². The molecule has 0 fully saturated rings. The van der Waals surface area contributed by atoms with E-state index in [4.69, 9.17) is 17.3 Å². The summed E-state index contributed by atoms with van der Waals surface area (Å²) in [7, 11) is 0. The standard InChI is InChI=1S/C12H13ClN4O/c1-7(8-2-4-9(13)5-3-8)15-12(18)10-6-11(14)17-16-10/h2-7H,1H3,(H,15,18)(H3,14,16,17). The number of benzene rings is 1. The molecule has 0 aliphatic heterocycles. The lowest BCUT2D eigenvalue weighted by molar-refractivity contribution is 0.0935. The predicted octanol–water partition coefficient (Wildman–Crippen LogP) is 2.14. The average Bonchev–Trinajstić information content (AvgIpc) is 2.76. The minimum absolute atomic E-state index is 0.126. The first kappa shape index (κ1) is 12.4. The summed E-state index contributed by atoms with van der Waals surface area (Å²) in [5.41, 5.74) is 6.75. The van der Waals surface area contributed by atoms with E-state index in [0.29, 0.717) is 16.5 Å². The lowest BCUT2D eigenvalue weighted by Crippen LogP contribution is -2.26. The van der Waals surface area contributed by atoms with E-state index in [2.05, 4.69) is 15.5 Å². The van der Waals surface area contributed by atoms with Gasteiger partial charge >= 0.3 is 0 Å². The molecule has 0 spiro atoms. The smallest absolute Gasteiger partial charge is 0.269 e. The third-order valence-electron chi connectivity index (χ3n) is 2.56. The molecule has 1 heterocycles. The largest absolute Gasteiger partial charge is 0.382 e. The Bertz CT molecular complexity index is 549. The topological polar surface area (TPSA) is 83.8 Å². The monoisotopic (exact) mass is 264 g/mol. The highest BCUT2D eigenvalue weighted by Crippen LogP contribution is 2.16. The third-order valence-corrected chi connectivity index (χ3v) is 2.81. The second kappa shape index (κ2) is 5.10.